The fraction of sp³-hybridized carbons (Fsp3) is 0.600. The lowest BCUT2D eigenvalue weighted by molar-refractivity contribution is -0.706. The molecule has 18 heavy (non-hydrogen) atoms. The number of carbonyl (C=O) groups excluding carboxylic acids is 1. The van der Waals surface area contributed by atoms with Crippen molar-refractivity contribution < 1.29 is 9.36 Å². The van der Waals surface area contributed by atoms with Crippen molar-refractivity contribution in [2.45, 2.75) is 47.6 Å². The average Bonchev–Trinajstić information content (AvgIpc) is 2.20. The van der Waals surface area contributed by atoms with E-state index in [0.29, 0.717) is 18.9 Å². The smallest absolute Gasteiger partial charge is 0.220 e. The molecule has 0 aromatic carbocycles. The molecule has 0 bridgehead atoms. The maximum Gasteiger partial charge on any atom is 0.220 e. The van der Waals surface area contributed by atoms with Gasteiger partial charge in [0.05, 0.1) is 6.54 Å². The molecular formula is C15H25N2O+. The van der Waals surface area contributed by atoms with Crippen LogP contribution in [0.4, 0.5) is 0 Å². The van der Waals surface area contributed by atoms with Gasteiger partial charge in [-0.15, -0.1) is 0 Å². The largest absolute Gasteiger partial charge is 0.350 e. The fourth-order valence-electron chi connectivity index (χ4n) is 2.24. The number of hydrogen-bond acceptors (Lipinski definition) is 1. The average molecular weight is 249 g/mol. The van der Waals surface area contributed by atoms with Gasteiger partial charge in [-0.3, -0.25) is 4.79 Å². The van der Waals surface area contributed by atoms with Crippen LogP contribution in [0.5, 0.6) is 0 Å². The lowest BCUT2D eigenvalue weighted by atomic mass is 10.1. The van der Waals surface area contributed by atoms with Crippen LogP contribution in [-0.4, -0.2) is 12.5 Å². The van der Waals surface area contributed by atoms with Gasteiger partial charge in [-0.05, 0) is 18.4 Å². The van der Waals surface area contributed by atoms with Crippen LogP contribution >= 0.6 is 0 Å². The second kappa shape index (κ2) is 6.53. The number of nitrogens with one attached hydrogen (secondary N) is 1. The van der Waals surface area contributed by atoms with Crippen LogP contribution in [0.2, 0.25) is 0 Å². The molecular weight excluding hydrogens is 224 g/mol. The van der Waals surface area contributed by atoms with Gasteiger partial charge in [-0.2, -0.15) is 4.57 Å². The molecule has 0 fully saturated rings. The van der Waals surface area contributed by atoms with Crippen LogP contribution in [0.3, 0.4) is 0 Å². The molecule has 1 aromatic heterocycles. The Hall–Kier alpha value is -1.38. The van der Waals surface area contributed by atoms with Crippen molar-refractivity contribution >= 4 is 5.91 Å². The Morgan fingerprint density at radius 2 is 1.78 bits per heavy atom. The Labute approximate surface area is 110 Å². The highest BCUT2D eigenvalue weighted by atomic mass is 16.1. The SMILES string of the molecule is Cc1cc(C)[n+](CCNC(=O)CC(C)C)c(C)c1. The molecule has 0 spiro atoms. The molecule has 0 radical (unpaired) electrons. The summed E-state index contributed by atoms with van der Waals surface area (Å²) < 4.78 is 2.24. The number of hydrogen-bond donors (Lipinski definition) is 1. The van der Waals surface area contributed by atoms with E-state index in [9.17, 15) is 4.79 Å². The summed E-state index contributed by atoms with van der Waals surface area (Å²) in [6.07, 6.45) is 0.608. The van der Waals surface area contributed by atoms with E-state index in [1.54, 1.807) is 0 Å². The Morgan fingerprint density at radius 3 is 2.28 bits per heavy atom. The van der Waals surface area contributed by atoms with Gasteiger partial charge in [0.25, 0.3) is 0 Å². The highest BCUT2D eigenvalue weighted by molar-refractivity contribution is 5.75. The van der Waals surface area contributed by atoms with Crippen LogP contribution in [0.1, 0.15) is 37.2 Å². The molecule has 1 N–H and O–H groups in total. The van der Waals surface area contributed by atoms with E-state index in [4.69, 9.17) is 0 Å². The van der Waals surface area contributed by atoms with E-state index in [2.05, 4.69) is 56.6 Å². The highest BCUT2D eigenvalue weighted by Crippen LogP contribution is 2.01. The van der Waals surface area contributed by atoms with Crippen LogP contribution < -0.4 is 9.88 Å². The van der Waals surface area contributed by atoms with Crippen molar-refractivity contribution in [2.24, 2.45) is 5.92 Å². The van der Waals surface area contributed by atoms with Crippen LogP contribution in [0, 0.1) is 26.7 Å². The van der Waals surface area contributed by atoms with E-state index in [1.807, 2.05) is 0 Å². The Balaban J connectivity index is 2.52. The molecule has 0 unspecified atom stereocenters. The summed E-state index contributed by atoms with van der Waals surface area (Å²) in [7, 11) is 0. The maximum atomic E-state index is 11.5. The van der Waals surface area contributed by atoms with Crippen molar-refractivity contribution in [3.8, 4) is 0 Å². The molecule has 0 saturated heterocycles. The number of pyridine rings is 1. The number of carbonyl (C=O) groups is 1. The third-order valence-corrected chi connectivity index (χ3v) is 2.98. The zero-order chi connectivity index (χ0) is 13.7. The normalized spacial score (nSPS) is 10.8. The topological polar surface area (TPSA) is 33.0 Å². The fourth-order valence-corrected chi connectivity index (χ4v) is 2.24. The van der Waals surface area contributed by atoms with Gasteiger partial charge in [-0.25, -0.2) is 0 Å². The molecule has 0 atom stereocenters. The maximum absolute atomic E-state index is 11.5. The summed E-state index contributed by atoms with van der Waals surface area (Å²) in [4.78, 5) is 11.5. The van der Waals surface area contributed by atoms with E-state index in [-0.39, 0.29) is 5.91 Å². The summed E-state index contributed by atoms with van der Waals surface area (Å²) in [5.41, 5.74) is 3.77. The van der Waals surface area contributed by atoms with Crippen molar-refractivity contribution in [2.75, 3.05) is 6.54 Å². The van der Waals surface area contributed by atoms with E-state index in [0.717, 1.165) is 6.54 Å². The van der Waals surface area contributed by atoms with Gasteiger partial charge in [0.2, 0.25) is 5.91 Å². The molecule has 3 nitrogen and oxygen atoms in total. The Bertz CT molecular complexity index is 401. The van der Waals surface area contributed by atoms with Gasteiger partial charge in [0, 0.05) is 32.4 Å². The number of aryl methyl sites for hydroxylation is 3. The standard InChI is InChI=1S/C15H24N2O/c1-11(2)8-15(18)16-6-7-17-13(4)9-12(3)10-14(17)5/h9-11H,6-8H2,1-5H3/p+1. The van der Waals surface area contributed by atoms with Crippen LogP contribution in [0.25, 0.3) is 0 Å². The molecule has 3 heteroatoms. The highest BCUT2D eigenvalue weighted by Gasteiger charge is 2.12. The second-order valence-electron chi connectivity index (χ2n) is 5.42. The van der Waals surface area contributed by atoms with Gasteiger partial charge >= 0.3 is 0 Å². The Kier molecular flexibility index (Phi) is 5.32. The van der Waals surface area contributed by atoms with Crippen LogP contribution in [0.15, 0.2) is 12.1 Å². The summed E-state index contributed by atoms with van der Waals surface area (Å²) in [5.74, 6) is 0.563. The quantitative estimate of drug-likeness (QED) is 0.796. The van der Waals surface area contributed by atoms with Crippen molar-refractivity contribution in [1.29, 1.82) is 0 Å². The summed E-state index contributed by atoms with van der Waals surface area (Å²) in [5, 5.41) is 2.97. The number of aromatic nitrogens is 1. The minimum Gasteiger partial charge on any atom is -0.350 e. The third kappa shape index (κ3) is 4.47. The minimum atomic E-state index is 0.146. The summed E-state index contributed by atoms with van der Waals surface area (Å²) in [6.45, 7) is 12.0. The van der Waals surface area contributed by atoms with E-state index < -0.39 is 0 Å². The first-order valence-electron chi connectivity index (χ1n) is 6.64. The van der Waals surface area contributed by atoms with E-state index >= 15 is 0 Å². The predicted octanol–water partition coefficient (Wildman–Crippen LogP) is 2.06. The molecule has 1 amide bonds. The first-order chi connectivity index (χ1) is 8.40. The Morgan fingerprint density at radius 1 is 1.22 bits per heavy atom. The molecule has 0 aliphatic carbocycles. The predicted molar refractivity (Wildman–Crippen MR) is 73.3 cm³/mol. The minimum absolute atomic E-state index is 0.146. The third-order valence-electron chi connectivity index (χ3n) is 2.98. The second-order valence-corrected chi connectivity index (χ2v) is 5.42. The lowest BCUT2D eigenvalue weighted by Gasteiger charge is -2.08. The summed E-state index contributed by atoms with van der Waals surface area (Å²) in [6, 6.07) is 4.34. The molecule has 0 aliphatic rings. The lowest BCUT2D eigenvalue weighted by Crippen LogP contribution is -2.45. The van der Waals surface area contributed by atoms with Gasteiger partial charge in [-0.1, -0.05) is 13.8 Å². The first kappa shape index (κ1) is 14.7. The molecule has 0 aliphatic heterocycles. The van der Waals surface area contributed by atoms with Crippen molar-refractivity contribution in [3.05, 3.63) is 29.1 Å². The number of rotatable bonds is 5. The van der Waals surface area contributed by atoms with Gasteiger partial charge in [0.15, 0.2) is 17.9 Å². The first-order valence-corrected chi connectivity index (χ1v) is 6.64. The van der Waals surface area contributed by atoms with Crippen molar-refractivity contribution in [1.82, 2.24) is 5.32 Å². The van der Waals surface area contributed by atoms with Crippen LogP contribution in [-0.2, 0) is 11.3 Å². The van der Waals surface area contributed by atoms with Crippen molar-refractivity contribution in [3.63, 3.8) is 0 Å². The van der Waals surface area contributed by atoms with Gasteiger partial charge in [0.1, 0.15) is 0 Å². The number of nitrogens with zero attached hydrogens (tertiary/aromatic N) is 1. The summed E-state index contributed by atoms with van der Waals surface area (Å²) >= 11 is 0. The zero-order valence-corrected chi connectivity index (χ0v) is 12.2. The molecule has 1 rings (SSSR count). The monoisotopic (exact) mass is 249 g/mol. The number of amides is 1. The molecule has 1 heterocycles. The van der Waals surface area contributed by atoms with Gasteiger partial charge < -0.3 is 5.32 Å². The molecule has 0 saturated carbocycles. The molecule has 1 aromatic rings. The molecule has 100 valence electrons. The van der Waals surface area contributed by atoms with E-state index in [1.165, 1.54) is 17.0 Å². The zero-order valence-electron chi connectivity index (χ0n) is 12.2.